The Balaban J connectivity index is 2.32. The number of hydrogen-bond donors (Lipinski definition) is 1. The molecule has 104 valence electrons. The van der Waals surface area contributed by atoms with Gasteiger partial charge in [-0.05, 0) is 12.0 Å². The molecule has 1 unspecified atom stereocenters. The van der Waals surface area contributed by atoms with Gasteiger partial charge in [0.15, 0.2) is 11.5 Å². The summed E-state index contributed by atoms with van der Waals surface area (Å²) >= 11 is 0. The maximum Gasteiger partial charge on any atom is 0.306 e. The van der Waals surface area contributed by atoms with Gasteiger partial charge in [-0.25, -0.2) is 0 Å². The van der Waals surface area contributed by atoms with Gasteiger partial charge in [-0.3, -0.25) is 4.79 Å². The standard InChI is InChI=1S/C14H18O5/c1-9(14(15)16)7-10-3-4-11(8-17-2)13-12(10)18-5-6-19-13/h3-4,9H,5-8H2,1-2H3,(H,15,16). The third-order valence-electron chi connectivity index (χ3n) is 3.10. The first-order valence-electron chi connectivity index (χ1n) is 6.25. The second kappa shape index (κ2) is 5.93. The fraction of sp³-hybridized carbons (Fsp3) is 0.500. The predicted molar refractivity (Wildman–Crippen MR) is 68.6 cm³/mol. The molecule has 2 rings (SSSR count). The monoisotopic (exact) mass is 266 g/mol. The normalized spacial score (nSPS) is 15.1. The molecule has 0 aliphatic carbocycles. The molecule has 1 aromatic rings. The van der Waals surface area contributed by atoms with Crippen molar-refractivity contribution in [2.75, 3.05) is 20.3 Å². The minimum atomic E-state index is -0.813. The molecule has 0 saturated heterocycles. The second-order valence-corrected chi connectivity index (χ2v) is 4.62. The second-order valence-electron chi connectivity index (χ2n) is 4.62. The van der Waals surface area contributed by atoms with E-state index < -0.39 is 11.9 Å². The van der Waals surface area contributed by atoms with E-state index in [1.807, 2.05) is 12.1 Å². The number of ether oxygens (including phenoxy) is 3. The van der Waals surface area contributed by atoms with Crippen LogP contribution in [0.15, 0.2) is 12.1 Å². The lowest BCUT2D eigenvalue weighted by molar-refractivity contribution is -0.141. The van der Waals surface area contributed by atoms with Crippen molar-refractivity contribution in [1.82, 2.24) is 0 Å². The maximum absolute atomic E-state index is 10.9. The van der Waals surface area contributed by atoms with Gasteiger partial charge < -0.3 is 19.3 Å². The average Bonchev–Trinajstić information content (AvgIpc) is 2.41. The third-order valence-corrected chi connectivity index (χ3v) is 3.10. The Bertz CT molecular complexity index is 469. The van der Waals surface area contributed by atoms with Gasteiger partial charge in [-0.2, -0.15) is 0 Å². The first kappa shape index (κ1) is 13.7. The van der Waals surface area contributed by atoms with Gasteiger partial charge in [0.25, 0.3) is 0 Å². The van der Waals surface area contributed by atoms with Crippen molar-refractivity contribution >= 4 is 5.97 Å². The number of rotatable bonds is 5. The number of carboxylic acid groups (broad SMARTS) is 1. The van der Waals surface area contributed by atoms with Gasteiger partial charge in [-0.15, -0.1) is 0 Å². The molecule has 1 aliphatic rings. The number of carboxylic acids is 1. The average molecular weight is 266 g/mol. The van der Waals surface area contributed by atoms with E-state index in [1.54, 1.807) is 14.0 Å². The highest BCUT2D eigenvalue weighted by Gasteiger charge is 2.22. The van der Waals surface area contributed by atoms with Gasteiger partial charge in [-0.1, -0.05) is 19.1 Å². The lowest BCUT2D eigenvalue weighted by Gasteiger charge is -2.24. The van der Waals surface area contributed by atoms with E-state index in [0.29, 0.717) is 37.7 Å². The first-order valence-corrected chi connectivity index (χ1v) is 6.25. The van der Waals surface area contributed by atoms with Crippen LogP contribution in [0.1, 0.15) is 18.1 Å². The topological polar surface area (TPSA) is 65.0 Å². The van der Waals surface area contributed by atoms with Crippen molar-refractivity contribution in [1.29, 1.82) is 0 Å². The third kappa shape index (κ3) is 2.98. The Morgan fingerprint density at radius 1 is 1.32 bits per heavy atom. The molecule has 0 spiro atoms. The molecule has 1 aliphatic heterocycles. The largest absolute Gasteiger partial charge is 0.486 e. The Morgan fingerprint density at radius 3 is 2.47 bits per heavy atom. The van der Waals surface area contributed by atoms with Crippen LogP contribution in [0.25, 0.3) is 0 Å². The van der Waals surface area contributed by atoms with Crippen LogP contribution in [-0.4, -0.2) is 31.4 Å². The smallest absolute Gasteiger partial charge is 0.306 e. The summed E-state index contributed by atoms with van der Waals surface area (Å²) in [7, 11) is 1.62. The molecular formula is C14H18O5. The Labute approximate surface area is 112 Å². The summed E-state index contributed by atoms with van der Waals surface area (Å²) in [6, 6.07) is 3.79. The fourth-order valence-electron chi connectivity index (χ4n) is 2.10. The molecule has 1 atom stereocenters. The SMILES string of the molecule is COCc1ccc(CC(C)C(=O)O)c2c1OCCO2. The summed E-state index contributed by atoms with van der Waals surface area (Å²) in [5.41, 5.74) is 1.79. The molecule has 1 aromatic carbocycles. The fourth-order valence-corrected chi connectivity index (χ4v) is 2.10. The molecular weight excluding hydrogens is 248 g/mol. The van der Waals surface area contributed by atoms with Crippen molar-refractivity contribution in [3.05, 3.63) is 23.3 Å². The number of hydrogen-bond acceptors (Lipinski definition) is 4. The molecule has 0 fully saturated rings. The zero-order chi connectivity index (χ0) is 13.8. The number of carbonyl (C=O) groups is 1. The zero-order valence-corrected chi connectivity index (χ0v) is 11.1. The van der Waals surface area contributed by atoms with Crippen LogP contribution in [-0.2, 0) is 22.6 Å². The summed E-state index contributed by atoms with van der Waals surface area (Å²) < 4.78 is 16.4. The number of aliphatic carboxylic acids is 1. The molecule has 1 heterocycles. The zero-order valence-electron chi connectivity index (χ0n) is 11.1. The molecule has 19 heavy (non-hydrogen) atoms. The quantitative estimate of drug-likeness (QED) is 0.881. The van der Waals surface area contributed by atoms with Gasteiger partial charge >= 0.3 is 5.97 Å². The van der Waals surface area contributed by atoms with Crippen molar-refractivity contribution in [3.63, 3.8) is 0 Å². The van der Waals surface area contributed by atoms with E-state index >= 15 is 0 Å². The molecule has 0 saturated carbocycles. The van der Waals surface area contributed by atoms with Gasteiger partial charge in [0, 0.05) is 12.7 Å². The number of benzene rings is 1. The highest BCUT2D eigenvalue weighted by atomic mass is 16.6. The molecule has 5 nitrogen and oxygen atoms in total. The van der Waals surface area contributed by atoms with Crippen molar-refractivity contribution in [2.45, 2.75) is 20.0 Å². The van der Waals surface area contributed by atoms with E-state index in [1.165, 1.54) is 0 Å². The summed E-state index contributed by atoms with van der Waals surface area (Å²) in [5.74, 6) is 0.0754. The van der Waals surface area contributed by atoms with Crippen LogP contribution in [0.3, 0.4) is 0 Å². The molecule has 1 N–H and O–H groups in total. The summed E-state index contributed by atoms with van der Waals surface area (Å²) in [5, 5.41) is 8.99. The Hall–Kier alpha value is -1.75. The van der Waals surface area contributed by atoms with Crippen LogP contribution in [0.5, 0.6) is 11.5 Å². The highest BCUT2D eigenvalue weighted by molar-refractivity contribution is 5.70. The Kier molecular flexibility index (Phi) is 4.27. The van der Waals surface area contributed by atoms with Crippen molar-refractivity contribution in [3.8, 4) is 11.5 Å². The van der Waals surface area contributed by atoms with Gasteiger partial charge in [0.1, 0.15) is 13.2 Å². The van der Waals surface area contributed by atoms with Crippen LogP contribution >= 0.6 is 0 Å². The van der Waals surface area contributed by atoms with Crippen molar-refractivity contribution < 1.29 is 24.1 Å². The molecule has 0 aromatic heterocycles. The predicted octanol–water partition coefficient (Wildman–Crippen LogP) is 1.87. The minimum Gasteiger partial charge on any atom is -0.486 e. The summed E-state index contributed by atoms with van der Waals surface area (Å²) in [4.78, 5) is 10.9. The van der Waals surface area contributed by atoms with E-state index in [9.17, 15) is 4.79 Å². The van der Waals surface area contributed by atoms with Crippen LogP contribution in [0, 0.1) is 5.92 Å². The maximum atomic E-state index is 10.9. The molecule has 0 bridgehead atoms. The summed E-state index contributed by atoms with van der Waals surface area (Å²) in [6.45, 7) is 3.11. The lowest BCUT2D eigenvalue weighted by atomic mass is 9.98. The van der Waals surface area contributed by atoms with E-state index in [-0.39, 0.29) is 0 Å². The van der Waals surface area contributed by atoms with Gasteiger partial charge in [0.2, 0.25) is 0 Å². The first-order chi connectivity index (χ1) is 9.13. The number of fused-ring (bicyclic) bond motifs is 1. The highest BCUT2D eigenvalue weighted by Crippen LogP contribution is 2.38. The van der Waals surface area contributed by atoms with Crippen LogP contribution < -0.4 is 9.47 Å². The Morgan fingerprint density at radius 2 is 1.89 bits per heavy atom. The van der Waals surface area contributed by atoms with E-state index in [0.717, 1.165) is 11.1 Å². The van der Waals surface area contributed by atoms with E-state index in [2.05, 4.69) is 0 Å². The van der Waals surface area contributed by atoms with Crippen LogP contribution in [0.2, 0.25) is 0 Å². The molecule has 0 radical (unpaired) electrons. The number of methoxy groups -OCH3 is 1. The van der Waals surface area contributed by atoms with E-state index in [4.69, 9.17) is 19.3 Å². The minimum absolute atomic E-state index is 0.425. The lowest BCUT2D eigenvalue weighted by Crippen LogP contribution is -2.20. The van der Waals surface area contributed by atoms with Gasteiger partial charge in [0.05, 0.1) is 12.5 Å². The van der Waals surface area contributed by atoms with Crippen LogP contribution in [0.4, 0.5) is 0 Å². The molecule has 0 amide bonds. The summed E-state index contributed by atoms with van der Waals surface area (Å²) in [6.07, 6.45) is 0.425. The van der Waals surface area contributed by atoms with Crippen molar-refractivity contribution in [2.24, 2.45) is 5.92 Å². The molecule has 5 heteroatoms.